The lowest BCUT2D eigenvalue weighted by molar-refractivity contribution is -0.404. The van der Waals surface area contributed by atoms with Gasteiger partial charge in [-0.2, -0.15) is 0 Å². The highest BCUT2D eigenvalue weighted by molar-refractivity contribution is 5.87. The quantitative estimate of drug-likeness (QED) is 0.334. The van der Waals surface area contributed by atoms with Crippen LogP contribution in [0.15, 0.2) is 24.3 Å². The zero-order valence-corrected chi connectivity index (χ0v) is 11.2. The summed E-state index contributed by atoms with van der Waals surface area (Å²) in [5.41, 5.74) is -3.12. The predicted octanol–water partition coefficient (Wildman–Crippen LogP) is 2.03. The molecule has 0 heterocycles. The smallest absolute Gasteiger partial charge is 0.333 e. The average molecular weight is 311 g/mol. The number of carbonyl (C=O) groups is 1. The Bertz CT molecular complexity index is 662. The summed E-state index contributed by atoms with van der Waals surface area (Å²) < 4.78 is 4.65. The number of carbonyl (C=O) groups excluding carboxylic acids is 1. The van der Waals surface area contributed by atoms with Crippen LogP contribution in [0.25, 0.3) is 0 Å². The van der Waals surface area contributed by atoms with Crippen molar-refractivity contribution >= 4 is 23.0 Å². The Morgan fingerprint density at radius 3 is 1.86 bits per heavy atom. The lowest BCUT2D eigenvalue weighted by atomic mass is 10.1. The first-order valence-electron chi connectivity index (χ1n) is 5.57. The standard InChI is InChI=1S/C11H9N3O8/c1-6(2)11(15)22-5-8-9(13(18)19)3-7(12(16)17)4-10(8)14(20)21/h3-4H,1,5H2,2H3. The van der Waals surface area contributed by atoms with Gasteiger partial charge in [0.2, 0.25) is 0 Å². The van der Waals surface area contributed by atoms with Gasteiger partial charge in [0.25, 0.3) is 17.1 Å². The third-order valence-electron chi connectivity index (χ3n) is 2.49. The van der Waals surface area contributed by atoms with Crippen molar-refractivity contribution in [3.63, 3.8) is 0 Å². The minimum atomic E-state index is -1.02. The lowest BCUT2D eigenvalue weighted by Crippen LogP contribution is -2.09. The van der Waals surface area contributed by atoms with Crippen LogP contribution in [0.5, 0.6) is 0 Å². The van der Waals surface area contributed by atoms with Gasteiger partial charge in [-0.25, -0.2) is 4.79 Å². The van der Waals surface area contributed by atoms with E-state index in [-0.39, 0.29) is 5.57 Å². The fraction of sp³-hybridized carbons (Fsp3) is 0.182. The summed E-state index contributed by atoms with van der Waals surface area (Å²) in [7, 11) is 0. The largest absolute Gasteiger partial charge is 0.457 e. The molecule has 22 heavy (non-hydrogen) atoms. The van der Waals surface area contributed by atoms with E-state index in [1.54, 1.807) is 0 Å². The average Bonchev–Trinajstić information content (AvgIpc) is 2.42. The van der Waals surface area contributed by atoms with E-state index in [2.05, 4.69) is 11.3 Å². The first kappa shape index (κ1) is 16.7. The number of nitrogens with zero attached hydrogens (tertiary/aromatic N) is 3. The predicted molar refractivity (Wildman–Crippen MR) is 71.0 cm³/mol. The van der Waals surface area contributed by atoms with E-state index in [1.807, 2.05) is 0 Å². The molecule has 1 aromatic carbocycles. The normalized spacial score (nSPS) is 9.86. The molecule has 0 aliphatic carbocycles. The van der Waals surface area contributed by atoms with Crippen LogP contribution in [0, 0.1) is 30.3 Å². The SMILES string of the molecule is C=C(C)C(=O)OCc1c([N+](=O)[O-])cc([N+](=O)[O-])cc1[N+](=O)[O-]. The van der Waals surface area contributed by atoms with E-state index in [0.717, 1.165) is 0 Å². The lowest BCUT2D eigenvalue weighted by Gasteiger charge is -2.06. The number of ether oxygens (including phenoxy) is 1. The highest BCUT2D eigenvalue weighted by Gasteiger charge is 2.31. The molecule has 0 bridgehead atoms. The van der Waals surface area contributed by atoms with Gasteiger partial charge in [-0.1, -0.05) is 6.58 Å². The Hall–Kier alpha value is -3.37. The van der Waals surface area contributed by atoms with Crippen LogP contribution in [0.4, 0.5) is 17.1 Å². The summed E-state index contributed by atoms with van der Waals surface area (Å²) >= 11 is 0. The molecular formula is C11H9N3O8. The number of nitro benzene ring substituents is 3. The molecule has 0 spiro atoms. The van der Waals surface area contributed by atoms with Gasteiger partial charge in [0, 0.05) is 5.57 Å². The molecule has 0 fully saturated rings. The third kappa shape index (κ3) is 3.59. The number of hydrogen-bond acceptors (Lipinski definition) is 8. The van der Waals surface area contributed by atoms with Gasteiger partial charge in [0.1, 0.15) is 12.2 Å². The first-order chi connectivity index (χ1) is 10.1. The van der Waals surface area contributed by atoms with Crippen molar-refractivity contribution in [3.8, 4) is 0 Å². The Kier molecular flexibility index (Phi) is 4.84. The van der Waals surface area contributed by atoms with E-state index in [4.69, 9.17) is 0 Å². The summed E-state index contributed by atoms with van der Waals surface area (Å²) in [5.74, 6) is -0.901. The van der Waals surface area contributed by atoms with E-state index in [9.17, 15) is 35.1 Å². The van der Waals surface area contributed by atoms with Crippen molar-refractivity contribution in [2.24, 2.45) is 0 Å². The summed E-state index contributed by atoms with van der Waals surface area (Å²) in [5, 5.41) is 32.6. The van der Waals surface area contributed by atoms with Gasteiger partial charge in [-0.05, 0) is 6.92 Å². The number of benzene rings is 1. The van der Waals surface area contributed by atoms with E-state index in [0.29, 0.717) is 12.1 Å². The van der Waals surface area contributed by atoms with Crippen LogP contribution in [0.2, 0.25) is 0 Å². The molecule has 1 aromatic rings. The first-order valence-corrected chi connectivity index (χ1v) is 5.57. The second-order valence-electron chi connectivity index (χ2n) is 4.09. The van der Waals surface area contributed by atoms with Crippen molar-refractivity contribution in [3.05, 3.63) is 60.2 Å². The molecule has 0 saturated heterocycles. The van der Waals surface area contributed by atoms with E-state index >= 15 is 0 Å². The van der Waals surface area contributed by atoms with Crippen molar-refractivity contribution in [1.82, 2.24) is 0 Å². The molecule has 0 aliphatic heterocycles. The molecule has 11 heteroatoms. The molecule has 0 N–H and O–H groups in total. The van der Waals surface area contributed by atoms with Crippen LogP contribution < -0.4 is 0 Å². The van der Waals surface area contributed by atoms with Crippen LogP contribution in [0.3, 0.4) is 0 Å². The fourth-order valence-electron chi connectivity index (χ4n) is 1.47. The van der Waals surface area contributed by atoms with Gasteiger partial charge in [0.05, 0.1) is 26.9 Å². The van der Waals surface area contributed by atoms with E-state index in [1.165, 1.54) is 6.92 Å². The van der Waals surface area contributed by atoms with Crippen molar-refractivity contribution < 1.29 is 24.3 Å². The van der Waals surface area contributed by atoms with Crippen molar-refractivity contribution in [2.45, 2.75) is 13.5 Å². The highest BCUT2D eigenvalue weighted by atomic mass is 16.6. The number of nitro groups is 3. The number of hydrogen-bond donors (Lipinski definition) is 0. The van der Waals surface area contributed by atoms with Gasteiger partial charge < -0.3 is 4.74 Å². The molecule has 11 nitrogen and oxygen atoms in total. The second-order valence-corrected chi connectivity index (χ2v) is 4.09. The fourth-order valence-corrected chi connectivity index (χ4v) is 1.47. The maximum Gasteiger partial charge on any atom is 0.333 e. The zero-order valence-electron chi connectivity index (χ0n) is 11.2. The Balaban J connectivity index is 3.42. The topological polar surface area (TPSA) is 156 Å². The molecule has 0 aliphatic rings. The molecule has 0 saturated carbocycles. The number of non-ortho nitro benzene ring substituents is 1. The molecule has 0 aromatic heterocycles. The minimum absolute atomic E-state index is 0.00721. The monoisotopic (exact) mass is 311 g/mol. The Labute approximate surface area is 122 Å². The summed E-state index contributed by atoms with van der Waals surface area (Å²) in [6, 6.07) is 1.13. The maximum absolute atomic E-state index is 11.3. The van der Waals surface area contributed by atoms with Crippen molar-refractivity contribution in [2.75, 3.05) is 0 Å². The molecule has 0 radical (unpaired) electrons. The molecule has 1 rings (SSSR count). The highest BCUT2D eigenvalue weighted by Crippen LogP contribution is 2.34. The molecule has 0 unspecified atom stereocenters. The van der Waals surface area contributed by atoms with Crippen LogP contribution in [-0.2, 0) is 16.1 Å². The van der Waals surface area contributed by atoms with Crippen molar-refractivity contribution in [1.29, 1.82) is 0 Å². The molecule has 116 valence electrons. The van der Waals surface area contributed by atoms with Gasteiger partial charge in [0.15, 0.2) is 0 Å². The van der Waals surface area contributed by atoms with Crippen LogP contribution in [0.1, 0.15) is 12.5 Å². The number of rotatable bonds is 6. The van der Waals surface area contributed by atoms with Gasteiger partial charge in [-0.15, -0.1) is 0 Å². The van der Waals surface area contributed by atoms with E-state index < -0.39 is 50.0 Å². The molecule has 0 atom stereocenters. The minimum Gasteiger partial charge on any atom is -0.457 e. The molecular weight excluding hydrogens is 302 g/mol. The summed E-state index contributed by atoms with van der Waals surface area (Å²) in [6.45, 7) is 3.83. The Morgan fingerprint density at radius 2 is 1.55 bits per heavy atom. The maximum atomic E-state index is 11.3. The Morgan fingerprint density at radius 1 is 1.09 bits per heavy atom. The van der Waals surface area contributed by atoms with Gasteiger partial charge >= 0.3 is 5.97 Å². The molecule has 0 amide bonds. The summed E-state index contributed by atoms with van der Waals surface area (Å²) in [6.07, 6.45) is 0. The summed E-state index contributed by atoms with van der Waals surface area (Å²) in [4.78, 5) is 40.8. The zero-order chi connectivity index (χ0) is 17.0. The third-order valence-corrected chi connectivity index (χ3v) is 2.49. The van der Waals surface area contributed by atoms with Gasteiger partial charge in [-0.3, -0.25) is 30.3 Å². The second kappa shape index (κ2) is 6.39. The van der Waals surface area contributed by atoms with Crippen LogP contribution >= 0.6 is 0 Å². The number of esters is 1. The van der Waals surface area contributed by atoms with Crippen LogP contribution in [-0.4, -0.2) is 20.7 Å².